The van der Waals surface area contributed by atoms with Crippen LogP contribution in [0, 0.1) is 5.41 Å². The first-order chi connectivity index (χ1) is 8.47. The lowest BCUT2D eigenvalue weighted by molar-refractivity contribution is 0.0948. The number of aromatic nitrogens is 1. The molecule has 0 radical (unpaired) electrons. The van der Waals surface area contributed by atoms with Crippen LogP contribution < -0.4 is 11.1 Å². The first-order valence-electron chi connectivity index (χ1n) is 6.15. The van der Waals surface area contributed by atoms with Crippen molar-refractivity contribution in [3.05, 3.63) is 30.0 Å². The van der Waals surface area contributed by atoms with Crippen LogP contribution in [0.5, 0.6) is 0 Å². The Bertz CT molecular complexity index is 627. The number of aromatic amines is 1. The number of nitrogens with two attached hydrogens (primary N) is 1. The first-order valence-corrected chi connectivity index (χ1v) is 6.15. The average Bonchev–Trinajstić information content (AvgIpc) is 2.74. The molecular weight excluding hydrogens is 226 g/mol. The van der Waals surface area contributed by atoms with Crippen LogP contribution in [0.1, 0.15) is 30.6 Å². The number of amides is 1. The average molecular weight is 243 g/mol. The predicted molar refractivity (Wildman–Crippen MR) is 72.4 cm³/mol. The van der Waals surface area contributed by atoms with E-state index in [1.54, 1.807) is 6.20 Å². The number of hydrogen-bond donors (Lipinski definition) is 3. The van der Waals surface area contributed by atoms with Gasteiger partial charge in [0, 0.05) is 28.8 Å². The van der Waals surface area contributed by atoms with Crippen LogP contribution in [-0.4, -0.2) is 16.9 Å². The van der Waals surface area contributed by atoms with Gasteiger partial charge in [-0.05, 0) is 30.0 Å². The molecule has 1 unspecified atom stereocenters. The van der Waals surface area contributed by atoms with Gasteiger partial charge < -0.3 is 16.0 Å². The van der Waals surface area contributed by atoms with Gasteiger partial charge in [0.1, 0.15) is 0 Å². The molecule has 1 saturated carbocycles. The fourth-order valence-electron chi connectivity index (χ4n) is 2.28. The molecule has 1 fully saturated rings. The number of hydrogen-bond acceptors (Lipinski definition) is 2. The Balaban J connectivity index is 1.88. The molecule has 1 aromatic heterocycles. The van der Waals surface area contributed by atoms with Crippen molar-refractivity contribution in [2.75, 3.05) is 5.73 Å². The van der Waals surface area contributed by atoms with Crippen molar-refractivity contribution in [1.29, 1.82) is 0 Å². The van der Waals surface area contributed by atoms with Gasteiger partial charge in [-0.25, -0.2) is 0 Å². The highest BCUT2D eigenvalue weighted by atomic mass is 16.1. The number of H-pyrrole nitrogens is 1. The second-order valence-corrected chi connectivity index (χ2v) is 5.73. The van der Waals surface area contributed by atoms with Gasteiger partial charge in [0.2, 0.25) is 0 Å². The van der Waals surface area contributed by atoms with E-state index in [0.717, 1.165) is 17.3 Å². The highest BCUT2D eigenvalue weighted by Gasteiger charge is 2.46. The van der Waals surface area contributed by atoms with E-state index in [4.69, 9.17) is 5.73 Å². The SMILES string of the molecule is CC1(C)CC1NC(=O)c1c[nH]c2cc(N)ccc12. The predicted octanol–water partition coefficient (Wildman–Crippen LogP) is 2.28. The molecule has 4 nitrogen and oxygen atoms in total. The lowest BCUT2D eigenvalue weighted by Crippen LogP contribution is -2.28. The number of nitrogens with one attached hydrogen (secondary N) is 2. The Morgan fingerprint density at radius 2 is 2.22 bits per heavy atom. The summed E-state index contributed by atoms with van der Waals surface area (Å²) < 4.78 is 0. The third kappa shape index (κ3) is 1.74. The van der Waals surface area contributed by atoms with Crippen molar-refractivity contribution in [2.45, 2.75) is 26.3 Å². The van der Waals surface area contributed by atoms with E-state index in [9.17, 15) is 4.79 Å². The summed E-state index contributed by atoms with van der Waals surface area (Å²) in [6.45, 7) is 4.32. The van der Waals surface area contributed by atoms with E-state index in [1.165, 1.54) is 0 Å². The zero-order valence-corrected chi connectivity index (χ0v) is 10.6. The maximum atomic E-state index is 12.2. The van der Waals surface area contributed by atoms with Crippen molar-refractivity contribution in [1.82, 2.24) is 10.3 Å². The Labute approximate surface area is 106 Å². The van der Waals surface area contributed by atoms with E-state index < -0.39 is 0 Å². The fourth-order valence-corrected chi connectivity index (χ4v) is 2.28. The van der Waals surface area contributed by atoms with Crippen LogP contribution in [0.25, 0.3) is 10.9 Å². The van der Waals surface area contributed by atoms with Gasteiger partial charge in [-0.1, -0.05) is 13.8 Å². The van der Waals surface area contributed by atoms with Gasteiger partial charge in [-0.15, -0.1) is 0 Å². The van der Waals surface area contributed by atoms with E-state index >= 15 is 0 Å². The molecule has 4 heteroatoms. The van der Waals surface area contributed by atoms with E-state index in [1.807, 2.05) is 18.2 Å². The third-order valence-corrected chi connectivity index (χ3v) is 3.77. The Morgan fingerprint density at radius 3 is 2.89 bits per heavy atom. The quantitative estimate of drug-likeness (QED) is 0.708. The molecule has 1 aliphatic carbocycles. The molecule has 1 aliphatic rings. The maximum Gasteiger partial charge on any atom is 0.253 e. The summed E-state index contributed by atoms with van der Waals surface area (Å²) in [6, 6.07) is 5.83. The molecule has 18 heavy (non-hydrogen) atoms. The smallest absolute Gasteiger partial charge is 0.253 e. The number of carbonyl (C=O) groups is 1. The Hall–Kier alpha value is -1.97. The summed E-state index contributed by atoms with van der Waals surface area (Å²) in [5.41, 5.74) is 8.24. The highest BCUT2D eigenvalue weighted by molar-refractivity contribution is 6.07. The number of rotatable bonds is 2. The van der Waals surface area contributed by atoms with Gasteiger partial charge in [0.05, 0.1) is 5.56 Å². The summed E-state index contributed by atoms with van der Waals surface area (Å²) in [5, 5.41) is 3.98. The molecule has 0 saturated heterocycles. The number of benzene rings is 1. The normalized spacial score (nSPS) is 20.9. The zero-order chi connectivity index (χ0) is 12.9. The molecule has 0 bridgehead atoms. The second kappa shape index (κ2) is 3.51. The Kier molecular flexibility index (Phi) is 2.17. The van der Waals surface area contributed by atoms with E-state index in [-0.39, 0.29) is 11.3 Å². The van der Waals surface area contributed by atoms with Crippen molar-refractivity contribution < 1.29 is 4.79 Å². The van der Waals surface area contributed by atoms with Gasteiger partial charge in [0.25, 0.3) is 5.91 Å². The lowest BCUT2D eigenvalue weighted by atomic mass is 10.1. The van der Waals surface area contributed by atoms with E-state index in [0.29, 0.717) is 17.3 Å². The van der Waals surface area contributed by atoms with Crippen LogP contribution in [0.3, 0.4) is 0 Å². The van der Waals surface area contributed by atoms with Crippen LogP contribution in [0.2, 0.25) is 0 Å². The fraction of sp³-hybridized carbons (Fsp3) is 0.357. The number of fused-ring (bicyclic) bond motifs is 1. The van der Waals surface area contributed by atoms with Crippen LogP contribution in [0.4, 0.5) is 5.69 Å². The van der Waals surface area contributed by atoms with Crippen LogP contribution in [-0.2, 0) is 0 Å². The number of nitrogen functional groups attached to an aromatic ring is 1. The summed E-state index contributed by atoms with van der Waals surface area (Å²) >= 11 is 0. The molecular formula is C14H17N3O. The largest absolute Gasteiger partial charge is 0.399 e. The summed E-state index contributed by atoms with van der Waals surface area (Å²) in [7, 11) is 0. The molecule has 1 heterocycles. The molecule has 4 N–H and O–H groups in total. The monoisotopic (exact) mass is 243 g/mol. The first kappa shape index (κ1) is 11.1. The minimum atomic E-state index is -0.0124. The van der Waals surface area contributed by atoms with Gasteiger partial charge in [-0.2, -0.15) is 0 Å². The minimum absolute atomic E-state index is 0.0124. The van der Waals surface area contributed by atoms with Crippen molar-refractivity contribution in [2.24, 2.45) is 5.41 Å². The molecule has 94 valence electrons. The second-order valence-electron chi connectivity index (χ2n) is 5.73. The molecule has 1 aromatic carbocycles. The van der Waals surface area contributed by atoms with E-state index in [2.05, 4.69) is 24.1 Å². The van der Waals surface area contributed by atoms with Gasteiger partial charge in [0.15, 0.2) is 0 Å². The number of carbonyl (C=O) groups excluding carboxylic acids is 1. The summed E-state index contributed by atoms with van der Waals surface area (Å²) in [6.07, 6.45) is 2.79. The molecule has 0 aliphatic heterocycles. The topological polar surface area (TPSA) is 70.9 Å². The molecule has 1 amide bonds. The minimum Gasteiger partial charge on any atom is -0.399 e. The van der Waals surface area contributed by atoms with Gasteiger partial charge >= 0.3 is 0 Å². The van der Waals surface area contributed by atoms with Crippen molar-refractivity contribution >= 4 is 22.5 Å². The summed E-state index contributed by atoms with van der Waals surface area (Å²) in [4.78, 5) is 15.3. The molecule has 2 aromatic rings. The number of anilines is 1. The molecule has 1 atom stereocenters. The molecule has 0 spiro atoms. The highest BCUT2D eigenvalue weighted by Crippen LogP contribution is 2.44. The maximum absolute atomic E-state index is 12.2. The van der Waals surface area contributed by atoms with Crippen LogP contribution >= 0.6 is 0 Å². The standard InChI is InChI=1S/C14H17N3O/c1-14(2)6-12(14)17-13(18)10-7-16-11-5-8(15)3-4-9(10)11/h3-5,7,12,16H,6,15H2,1-2H3,(H,17,18). The zero-order valence-electron chi connectivity index (χ0n) is 10.6. The van der Waals surface area contributed by atoms with Crippen LogP contribution in [0.15, 0.2) is 24.4 Å². The van der Waals surface area contributed by atoms with Crippen molar-refractivity contribution in [3.63, 3.8) is 0 Å². The molecule has 3 rings (SSSR count). The Morgan fingerprint density at radius 1 is 1.50 bits per heavy atom. The van der Waals surface area contributed by atoms with Crippen molar-refractivity contribution in [3.8, 4) is 0 Å². The van der Waals surface area contributed by atoms with Gasteiger partial charge in [-0.3, -0.25) is 4.79 Å². The third-order valence-electron chi connectivity index (χ3n) is 3.77. The lowest BCUT2D eigenvalue weighted by Gasteiger charge is -2.06. The summed E-state index contributed by atoms with van der Waals surface area (Å²) in [5.74, 6) is -0.0124.